The topological polar surface area (TPSA) is 63.2 Å². The molecule has 0 radical (unpaired) electrons. The van der Waals surface area contributed by atoms with E-state index in [2.05, 4.69) is 0 Å². The van der Waals surface area contributed by atoms with Crippen molar-refractivity contribution in [2.24, 2.45) is 0 Å². The van der Waals surface area contributed by atoms with Gasteiger partial charge in [-0.25, -0.2) is 4.79 Å². The second kappa shape index (κ2) is 3.70. The number of nitriles is 1. The number of nitrogens with zero attached hydrogens (tertiary/aromatic N) is 1. The van der Waals surface area contributed by atoms with Crippen LogP contribution in [-0.2, 0) is 0 Å². The normalized spacial score (nSPS) is 10.1. The quantitative estimate of drug-likeness (QED) is 0.682. The zero-order valence-electron chi connectivity index (χ0n) is 8.90. The lowest BCUT2D eigenvalue weighted by atomic mass is 10.1. The standard InChI is InChI=1S/C12H9NO3/c1-7-3-11-8(5-10(7)15-2)4-9(6-13)12(14)16-11/h3-5H,1-2H3. The van der Waals surface area contributed by atoms with Crippen LogP contribution in [0, 0.1) is 18.3 Å². The first-order chi connectivity index (χ1) is 7.65. The summed E-state index contributed by atoms with van der Waals surface area (Å²) in [5.41, 5.74) is 0.725. The van der Waals surface area contributed by atoms with E-state index in [1.807, 2.05) is 6.92 Å². The SMILES string of the molecule is COc1cc2cc(C#N)c(=O)oc2cc1C. The van der Waals surface area contributed by atoms with E-state index in [-0.39, 0.29) is 5.56 Å². The van der Waals surface area contributed by atoms with Gasteiger partial charge in [0.2, 0.25) is 0 Å². The van der Waals surface area contributed by atoms with Crippen LogP contribution in [0.2, 0.25) is 0 Å². The third kappa shape index (κ3) is 1.52. The zero-order valence-corrected chi connectivity index (χ0v) is 8.90. The first-order valence-corrected chi connectivity index (χ1v) is 4.68. The Morgan fingerprint density at radius 1 is 1.38 bits per heavy atom. The van der Waals surface area contributed by atoms with Crippen LogP contribution in [0.4, 0.5) is 0 Å². The molecule has 0 atom stereocenters. The van der Waals surface area contributed by atoms with Crippen molar-refractivity contribution in [1.29, 1.82) is 5.26 Å². The molecule has 0 bridgehead atoms. The van der Waals surface area contributed by atoms with Crippen molar-refractivity contribution < 1.29 is 9.15 Å². The maximum Gasteiger partial charge on any atom is 0.354 e. The molecule has 1 aromatic carbocycles. The summed E-state index contributed by atoms with van der Waals surface area (Å²) in [5.74, 6) is 0.699. The maximum atomic E-state index is 11.3. The van der Waals surface area contributed by atoms with E-state index in [1.165, 1.54) is 6.07 Å². The molecular weight excluding hydrogens is 206 g/mol. The second-order valence-electron chi connectivity index (χ2n) is 3.42. The van der Waals surface area contributed by atoms with Crippen LogP contribution in [0.25, 0.3) is 11.0 Å². The van der Waals surface area contributed by atoms with Gasteiger partial charge in [-0.05, 0) is 30.7 Å². The van der Waals surface area contributed by atoms with E-state index in [0.29, 0.717) is 16.7 Å². The van der Waals surface area contributed by atoms with E-state index in [9.17, 15) is 4.79 Å². The molecule has 0 fully saturated rings. The Bertz CT molecular complexity index is 650. The average Bonchev–Trinajstić information content (AvgIpc) is 2.27. The third-order valence-corrected chi connectivity index (χ3v) is 2.37. The lowest BCUT2D eigenvalue weighted by molar-refractivity contribution is 0.412. The molecule has 80 valence electrons. The summed E-state index contributed by atoms with van der Waals surface area (Å²) in [4.78, 5) is 11.3. The molecule has 0 saturated carbocycles. The van der Waals surface area contributed by atoms with Crippen LogP contribution in [0.1, 0.15) is 11.1 Å². The van der Waals surface area contributed by atoms with Crippen molar-refractivity contribution in [2.75, 3.05) is 7.11 Å². The van der Waals surface area contributed by atoms with Crippen molar-refractivity contribution in [3.05, 3.63) is 39.7 Å². The Hall–Kier alpha value is -2.28. The van der Waals surface area contributed by atoms with E-state index in [4.69, 9.17) is 14.4 Å². The van der Waals surface area contributed by atoms with Gasteiger partial charge in [0.25, 0.3) is 0 Å². The number of aryl methyl sites for hydroxylation is 1. The van der Waals surface area contributed by atoms with Crippen LogP contribution in [0.5, 0.6) is 5.75 Å². The van der Waals surface area contributed by atoms with Gasteiger partial charge >= 0.3 is 5.63 Å². The molecular formula is C12H9NO3. The van der Waals surface area contributed by atoms with Gasteiger partial charge in [-0.3, -0.25) is 0 Å². The van der Waals surface area contributed by atoms with Crippen molar-refractivity contribution in [3.63, 3.8) is 0 Å². The highest BCUT2D eigenvalue weighted by atomic mass is 16.5. The average molecular weight is 215 g/mol. The lowest BCUT2D eigenvalue weighted by Crippen LogP contribution is -2.03. The van der Waals surface area contributed by atoms with Gasteiger partial charge in [0.1, 0.15) is 23.0 Å². The zero-order chi connectivity index (χ0) is 11.7. The predicted molar refractivity (Wildman–Crippen MR) is 58.5 cm³/mol. The van der Waals surface area contributed by atoms with Crippen LogP contribution >= 0.6 is 0 Å². The first-order valence-electron chi connectivity index (χ1n) is 4.68. The predicted octanol–water partition coefficient (Wildman–Crippen LogP) is 1.98. The summed E-state index contributed by atoms with van der Waals surface area (Å²) in [5, 5.41) is 9.40. The molecule has 0 aliphatic rings. The van der Waals surface area contributed by atoms with Crippen LogP contribution in [0.15, 0.2) is 27.4 Å². The second-order valence-corrected chi connectivity index (χ2v) is 3.42. The minimum atomic E-state index is -0.612. The minimum Gasteiger partial charge on any atom is -0.496 e. The number of hydrogen-bond donors (Lipinski definition) is 0. The molecule has 0 unspecified atom stereocenters. The van der Waals surface area contributed by atoms with Crippen molar-refractivity contribution in [2.45, 2.75) is 6.92 Å². The Kier molecular flexibility index (Phi) is 2.37. The molecule has 0 N–H and O–H groups in total. The lowest BCUT2D eigenvalue weighted by Gasteiger charge is -2.05. The summed E-state index contributed by atoms with van der Waals surface area (Å²) in [7, 11) is 1.57. The summed E-state index contributed by atoms with van der Waals surface area (Å²) in [6.07, 6.45) is 0. The van der Waals surface area contributed by atoms with Gasteiger partial charge in [-0.2, -0.15) is 5.26 Å². The Morgan fingerprint density at radius 2 is 2.12 bits per heavy atom. The van der Waals surface area contributed by atoms with E-state index in [0.717, 1.165) is 5.56 Å². The maximum absolute atomic E-state index is 11.3. The van der Waals surface area contributed by atoms with Gasteiger partial charge < -0.3 is 9.15 Å². The third-order valence-electron chi connectivity index (χ3n) is 2.37. The van der Waals surface area contributed by atoms with E-state index in [1.54, 1.807) is 25.3 Å². The molecule has 16 heavy (non-hydrogen) atoms. The highest BCUT2D eigenvalue weighted by molar-refractivity contribution is 5.80. The smallest absolute Gasteiger partial charge is 0.354 e. The van der Waals surface area contributed by atoms with Gasteiger partial charge in [0.05, 0.1) is 7.11 Å². The monoisotopic (exact) mass is 215 g/mol. The van der Waals surface area contributed by atoms with Crippen molar-refractivity contribution >= 4 is 11.0 Å². The first kappa shape index (κ1) is 10.2. The molecule has 1 aromatic heterocycles. The molecule has 0 amide bonds. The molecule has 0 aliphatic carbocycles. The van der Waals surface area contributed by atoms with Crippen LogP contribution in [0.3, 0.4) is 0 Å². The molecule has 4 heteroatoms. The highest BCUT2D eigenvalue weighted by Crippen LogP contribution is 2.24. The van der Waals surface area contributed by atoms with Gasteiger partial charge in [0, 0.05) is 5.39 Å². The van der Waals surface area contributed by atoms with Crippen LogP contribution < -0.4 is 10.4 Å². The molecule has 0 spiro atoms. The summed E-state index contributed by atoms with van der Waals surface area (Å²) >= 11 is 0. The molecule has 1 heterocycles. The number of rotatable bonds is 1. The fraction of sp³-hybridized carbons (Fsp3) is 0.167. The minimum absolute atomic E-state index is 0.00148. The molecule has 2 aromatic rings. The Labute approximate surface area is 91.7 Å². The van der Waals surface area contributed by atoms with Crippen LogP contribution in [-0.4, -0.2) is 7.11 Å². The summed E-state index contributed by atoms with van der Waals surface area (Å²) in [6, 6.07) is 6.76. The van der Waals surface area contributed by atoms with Crippen molar-refractivity contribution in [1.82, 2.24) is 0 Å². The number of benzene rings is 1. The molecule has 0 aliphatic heterocycles. The molecule has 4 nitrogen and oxygen atoms in total. The number of fused-ring (bicyclic) bond motifs is 1. The van der Waals surface area contributed by atoms with Gasteiger partial charge in [-0.1, -0.05) is 0 Å². The van der Waals surface area contributed by atoms with E-state index < -0.39 is 5.63 Å². The number of hydrogen-bond acceptors (Lipinski definition) is 4. The van der Waals surface area contributed by atoms with Gasteiger partial charge in [-0.15, -0.1) is 0 Å². The largest absolute Gasteiger partial charge is 0.496 e. The Morgan fingerprint density at radius 3 is 2.75 bits per heavy atom. The number of methoxy groups -OCH3 is 1. The fourth-order valence-corrected chi connectivity index (χ4v) is 1.55. The fourth-order valence-electron chi connectivity index (χ4n) is 1.55. The van der Waals surface area contributed by atoms with E-state index >= 15 is 0 Å². The molecule has 0 saturated heterocycles. The van der Waals surface area contributed by atoms with Crippen molar-refractivity contribution in [3.8, 4) is 11.8 Å². The highest BCUT2D eigenvalue weighted by Gasteiger charge is 2.07. The number of ether oxygens (including phenoxy) is 1. The van der Waals surface area contributed by atoms with Gasteiger partial charge in [0.15, 0.2) is 0 Å². The Balaban J connectivity index is 2.83. The summed E-state index contributed by atoms with van der Waals surface area (Å²) < 4.78 is 10.2. The molecule has 2 rings (SSSR count). The summed E-state index contributed by atoms with van der Waals surface area (Å²) in [6.45, 7) is 1.86.